The highest BCUT2D eigenvalue weighted by atomic mass is 16.5. The van der Waals surface area contributed by atoms with Crippen molar-refractivity contribution in [2.75, 3.05) is 13.1 Å². The van der Waals surface area contributed by atoms with Crippen LogP contribution in [0.1, 0.15) is 70.4 Å². The van der Waals surface area contributed by atoms with Crippen molar-refractivity contribution in [2.45, 2.75) is 77.0 Å². The van der Waals surface area contributed by atoms with Crippen molar-refractivity contribution < 1.29 is 4.74 Å². The second-order valence-corrected chi connectivity index (χ2v) is 8.09. The first-order chi connectivity index (χ1) is 10.4. The lowest BCUT2D eigenvalue weighted by Gasteiger charge is -2.55. The van der Waals surface area contributed by atoms with Crippen LogP contribution in [0.4, 0.5) is 0 Å². The third-order valence-electron chi connectivity index (χ3n) is 5.63. The van der Waals surface area contributed by atoms with E-state index in [0.717, 1.165) is 19.0 Å². The highest BCUT2D eigenvalue weighted by Gasteiger charge is 2.46. The van der Waals surface area contributed by atoms with Gasteiger partial charge in [0.05, 0.1) is 12.2 Å². The molecule has 2 nitrogen and oxygen atoms in total. The van der Waals surface area contributed by atoms with E-state index >= 15 is 0 Å². The zero-order chi connectivity index (χ0) is 15.9. The molecule has 0 amide bonds. The summed E-state index contributed by atoms with van der Waals surface area (Å²) in [5, 5.41) is 0. The minimum Gasteiger partial charge on any atom is -0.373 e. The molecule has 1 aromatic carbocycles. The summed E-state index contributed by atoms with van der Waals surface area (Å²) < 4.78 is 5.89. The highest BCUT2D eigenvalue weighted by molar-refractivity contribution is 5.30. The third kappa shape index (κ3) is 3.09. The van der Waals surface area contributed by atoms with Crippen molar-refractivity contribution in [2.24, 2.45) is 0 Å². The molecule has 2 fully saturated rings. The van der Waals surface area contributed by atoms with E-state index in [0.29, 0.717) is 23.7 Å². The fraction of sp³-hybridized carbons (Fsp3) is 0.700. The molecule has 22 heavy (non-hydrogen) atoms. The first-order valence-corrected chi connectivity index (χ1v) is 8.88. The number of hydrogen-bond donors (Lipinski definition) is 0. The normalized spacial score (nSPS) is 36.4. The summed E-state index contributed by atoms with van der Waals surface area (Å²) in [4.78, 5) is 2.67. The van der Waals surface area contributed by atoms with Crippen LogP contribution in [0, 0.1) is 0 Å². The molecule has 0 aromatic heterocycles. The minimum absolute atomic E-state index is 0.366. The van der Waals surface area contributed by atoms with Crippen LogP contribution in [0.3, 0.4) is 0 Å². The lowest BCUT2D eigenvalue weighted by Crippen LogP contribution is -2.60. The Bertz CT molecular complexity index is 491. The molecule has 1 heterocycles. The third-order valence-corrected chi connectivity index (χ3v) is 5.63. The van der Waals surface area contributed by atoms with Crippen molar-refractivity contribution in [3.63, 3.8) is 0 Å². The highest BCUT2D eigenvalue weighted by Crippen LogP contribution is 2.48. The molecule has 0 spiro atoms. The van der Waals surface area contributed by atoms with E-state index in [-0.39, 0.29) is 0 Å². The van der Waals surface area contributed by atoms with Gasteiger partial charge in [-0.25, -0.2) is 0 Å². The lowest BCUT2D eigenvalue weighted by atomic mass is 9.65. The summed E-state index contributed by atoms with van der Waals surface area (Å²) in [6.45, 7) is 13.5. The van der Waals surface area contributed by atoms with Crippen molar-refractivity contribution in [3.05, 3.63) is 35.4 Å². The maximum Gasteiger partial charge on any atom is 0.0678 e. The number of rotatable bonds is 3. The van der Waals surface area contributed by atoms with E-state index < -0.39 is 0 Å². The molecule has 2 heteroatoms. The molecule has 3 rings (SSSR count). The van der Waals surface area contributed by atoms with Crippen LogP contribution in [0.15, 0.2) is 24.3 Å². The molecule has 2 aliphatic rings. The van der Waals surface area contributed by atoms with Crippen molar-refractivity contribution in [1.82, 2.24) is 4.90 Å². The van der Waals surface area contributed by atoms with Crippen LogP contribution in [0.5, 0.6) is 0 Å². The number of benzene rings is 1. The maximum absolute atomic E-state index is 5.89. The van der Waals surface area contributed by atoms with Gasteiger partial charge in [0.1, 0.15) is 0 Å². The number of morpholine rings is 1. The molecule has 1 saturated carbocycles. The zero-order valence-corrected chi connectivity index (χ0v) is 14.8. The predicted octanol–water partition coefficient (Wildman–Crippen LogP) is 4.56. The molecule has 0 N–H and O–H groups in total. The quantitative estimate of drug-likeness (QED) is 0.812. The summed E-state index contributed by atoms with van der Waals surface area (Å²) in [6, 6.07) is 9.33. The van der Waals surface area contributed by atoms with Gasteiger partial charge in [0.25, 0.3) is 0 Å². The summed E-state index contributed by atoms with van der Waals surface area (Å²) in [7, 11) is 0. The first-order valence-electron chi connectivity index (χ1n) is 8.88. The van der Waals surface area contributed by atoms with E-state index in [1.165, 1.54) is 24.0 Å². The molecule has 1 aromatic rings. The largest absolute Gasteiger partial charge is 0.373 e. The Hall–Kier alpha value is -0.860. The van der Waals surface area contributed by atoms with Gasteiger partial charge < -0.3 is 4.74 Å². The molecule has 1 aliphatic carbocycles. The van der Waals surface area contributed by atoms with Gasteiger partial charge in [-0.2, -0.15) is 0 Å². The Morgan fingerprint density at radius 2 is 1.59 bits per heavy atom. The van der Waals surface area contributed by atoms with E-state index in [1.54, 1.807) is 0 Å². The number of nitrogens with zero attached hydrogens (tertiary/aromatic N) is 1. The summed E-state index contributed by atoms with van der Waals surface area (Å²) in [5.41, 5.74) is 3.34. The molecule has 0 unspecified atom stereocenters. The molecule has 1 saturated heterocycles. The Balaban J connectivity index is 1.62. The van der Waals surface area contributed by atoms with Crippen LogP contribution >= 0.6 is 0 Å². The minimum atomic E-state index is 0.366. The summed E-state index contributed by atoms with van der Waals surface area (Å²) in [5.74, 6) is 1.36. The Morgan fingerprint density at radius 3 is 2.09 bits per heavy atom. The Kier molecular flexibility index (Phi) is 4.35. The van der Waals surface area contributed by atoms with Gasteiger partial charge in [0.2, 0.25) is 0 Å². The van der Waals surface area contributed by atoms with E-state index in [4.69, 9.17) is 4.74 Å². The number of hydrogen-bond acceptors (Lipinski definition) is 2. The molecular formula is C20H31NO. The summed E-state index contributed by atoms with van der Waals surface area (Å²) in [6.07, 6.45) is 3.30. The molecule has 122 valence electrons. The molecule has 0 bridgehead atoms. The SMILES string of the molecule is CC(C)c1ccc(C2CC(C)(N3C[C@@H](C)O[C@@H](C)C3)C2)cc1. The van der Waals surface area contributed by atoms with Crippen LogP contribution in [0.25, 0.3) is 0 Å². The average Bonchev–Trinajstić information content (AvgIpc) is 2.43. The molecular weight excluding hydrogens is 270 g/mol. The summed E-state index contributed by atoms with van der Waals surface area (Å²) >= 11 is 0. The van der Waals surface area contributed by atoms with Gasteiger partial charge in [0, 0.05) is 18.6 Å². The standard InChI is InChI=1S/C20H31NO/c1-14(2)17-6-8-18(9-7-17)19-10-20(5,11-19)21-12-15(3)22-16(4)13-21/h6-9,14-16,19H,10-13H2,1-5H3/t15-,16+,19?,20?. The van der Waals surface area contributed by atoms with Crippen LogP contribution < -0.4 is 0 Å². The van der Waals surface area contributed by atoms with E-state index in [1.807, 2.05) is 0 Å². The smallest absolute Gasteiger partial charge is 0.0678 e. The first kappa shape index (κ1) is 16.0. The van der Waals surface area contributed by atoms with Gasteiger partial charge in [0.15, 0.2) is 0 Å². The predicted molar refractivity (Wildman–Crippen MR) is 92.5 cm³/mol. The zero-order valence-electron chi connectivity index (χ0n) is 14.8. The monoisotopic (exact) mass is 301 g/mol. The van der Waals surface area contributed by atoms with Crippen molar-refractivity contribution in [3.8, 4) is 0 Å². The average molecular weight is 301 g/mol. The Labute approximate surface area is 135 Å². The van der Waals surface area contributed by atoms with Gasteiger partial charge in [-0.3, -0.25) is 4.90 Å². The fourth-order valence-electron chi connectivity index (χ4n) is 4.27. The van der Waals surface area contributed by atoms with Gasteiger partial charge in [-0.1, -0.05) is 38.1 Å². The van der Waals surface area contributed by atoms with Crippen molar-refractivity contribution in [1.29, 1.82) is 0 Å². The van der Waals surface area contributed by atoms with Crippen LogP contribution in [-0.2, 0) is 4.74 Å². The molecule has 1 aliphatic heterocycles. The molecule has 2 atom stereocenters. The van der Waals surface area contributed by atoms with Crippen LogP contribution in [-0.4, -0.2) is 35.7 Å². The van der Waals surface area contributed by atoms with Gasteiger partial charge >= 0.3 is 0 Å². The van der Waals surface area contributed by atoms with E-state index in [9.17, 15) is 0 Å². The van der Waals surface area contributed by atoms with E-state index in [2.05, 4.69) is 63.8 Å². The fourth-order valence-corrected chi connectivity index (χ4v) is 4.27. The van der Waals surface area contributed by atoms with Crippen molar-refractivity contribution >= 4 is 0 Å². The maximum atomic E-state index is 5.89. The molecule has 0 radical (unpaired) electrons. The van der Waals surface area contributed by atoms with Gasteiger partial charge in [-0.15, -0.1) is 0 Å². The second-order valence-electron chi connectivity index (χ2n) is 8.09. The lowest BCUT2D eigenvalue weighted by molar-refractivity contribution is -0.119. The Morgan fingerprint density at radius 1 is 1.05 bits per heavy atom. The second kappa shape index (κ2) is 5.98. The number of ether oxygens (including phenoxy) is 1. The topological polar surface area (TPSA) is 12.5 Å². The van der Waals surface area contributed by atoms with Gasteiger partial charge in [-0.05, 0) is 56.6 Å². The van der Waals surface area contributed by atoms with Crippen LogP contribution in [0.2, 0.25) is 0 Å².